The highest BCUT2D eigenvalue weighted by atomic mass is 32.1. The SMILES string of the molecule is CC(=O)Nc1cccc(C)c1C(=O)Nc1nc(C)c(C)s1. The normalized spacial score (nSPS) is 10.3. The third kappa shape index (κ3) is 3.46. The summed E-state index contributed by atoms with van der Waals surface area (Å²) in [5, 5.41) is 6.03. The molecule has 2 amide bonds. The molecule has 5 nitrogen and oxygen atoms in total. The molecule has 0 saturated heterocycles. The first-order valence-corrected chi connectivity index (χ1v) is 7.32. The van der Waals surface area contributed by atoms with Crippen molar-refractivity contribution in [3.05, 3.63) is 39.9 Å². The smallest absolute Gasteiger partial charge is 0.259 e. The zero-order valence-corrected chi connectivity index (χ0v) is 13.2. The van der Waals surface area contributed by atoms with Gasteiger partial charge < -0.3 is 5.32 Å². The molecule has 21 heavy (non-hydrogen) atoms. The first-order chi connectivity index (χ1) is 9.88. The summed E-state index contributed by atoms with van der Waals surface area (Å²) in [5.74, 6) is -0.485. The first-order valence-electron chi connectivity index (χ1n) is 6.51. The van der Waals surface area contributed by atoms with Crippen LogP contribution in [0, 0.1) is 20.8 Å². The Morgan fingerprint density at radius 2 is 1.86 bits per heavy atom. The van der Waals surface area contributed by atoms with Crippen molar-refractivity contribution >= 4 is 34.0 Å². The molecule has 0 aliphatic heterocycles. The van der Waals surface area contributed by atoms with Crippen LogP contribution in [0.2, 0.25) is 0 Å². The molecule has 6 heteroatoms. The molecule has 0 radical (unpaired) electrons. The second-order valence-corrected chi connectivity index (χ2v) is 6.00. The first kappa shape index (κ1) is 15.2. The van der Waals surface area contributed by atoms with Gasteiger partial charge in [0.2, 0.25) is 5.91 Å². The monoisotopic (exact) mass is 303 g/mol. The second kappa shape index (κ2) is 6.05. The third-order valence-corrected chi connectivity index (χ3v) is 4.05. The third-order valence-electron chi connectivity index (χ3n) is 3.06. The van der Waals surface area contributed by atoms with Gasteiger partial charge in [-0.15, -0.1) is 11.3 Å². The molecule has 0 saturated carbocycles. The van der Waals surface area contributed by atoms with Gasteiger partial charge in [-0.25, -0.2) is 4.98 Å². The number of anilines is 2. The minimum absolute atomic E-state index is 0.212. The molecule has 1 heterocycles. The van der Waals surface area contributed by atoms with Gasteiger partial charge in [-0.1, -0.05) is 12.1 Å². The number of thiazole rings is 1. The van der Waals surface area contributed by atoms with Gasteiger partial charge in [-0.2, -0.15) is 0 Å². The van der Waals surface area contributed by atoms with Crippen molar-refractivity contribution in [2.75, 3.05) is 10.6 Å². The number of aryl methyl sites for hydroxylation is 3. The Hall–Kier alpha value is -2.21. The van der Waals surface area contributed by atoms with Gasteiger partial charge in [0.1, 0.15) is 0 Å². The van der Waals surface area contributed by atoms with E-state index in [2.05, 4.69) is 15.6 Å². The van der Waals surface area contributed by atoms with Crippen molar-refractivity contribution in [3.8, 4) is 0 Å². The molecular formula is C15H17N3O2S. The van der Waals surface area contributed by atoms with E-state index < -0.39 is 0 Å². The molecule has 1 aromatic carbocycles. The standard InChI is InChI=1S/C15H17N3O2S/c1-8-6-5-7-12(17-11(4)19)13(8)14(20)18-15-16-9(2)10(3)21-15/h5-7H,1-4H3,(H,17,19)(H,16,18,20). The van der Waals surface area contributed by atoms with Crippen LogP contribution in [0.25, 0.3) is 0 Å². The number of carbonyl (C=O) groups is 2. The zero-order valence-electron chi connectivity index (χ0n) is 12.4. The van der Waals surface area contributed by atoms with Crippen LogP contribution in [0.15, 0.2) is 18.2 Å². The van der Waals surface area contributed by atoms with Crippen LogP contribution in [0.3, 0.4) is 0 Å². The van der Waals surface area contributed by atoms with Gasteiger partial charge in [0.05, 0.1) is 16.9 Å². The predicted molar refractivity (Wildman–Crippen MR) is 85.0 cm³/mol. The van der Waals surface area contributed by atoms with Gasteiger partial charge in [0.25, 0.3) is 5.91 Å². The van der Waals surface area contributed by atoms with Gasteiger partial charge >= 0.3 is 0 Å². The van der Waals surface area contributed by atoms with Crippen molar-refractivity contribution in [2.45, 2.75) is 27.7 Å². The fourth-order valence-electron chi connectivity index (χ4n) is 1.95. The van der Waals surface area contributed by atoms with E-state index in [-0.39, 0.29) is 11.8 Å². The van der Waals surface area contributed by atoms with E-state index in [4.69, 9.17) is 0 Å². The Labute approximate surface area is 127 Å². The summed E-state index contributed by atoms with van der Waals surface area (Å²) < 4.78 is 0. The Kier molecular flexibility index (Phi) is 4.37. The molecule has 1 aromatic heterocycles. The van der Waals surface area contributed by atoms with Gasteiger partial charge in [-0.05, 0) is 32.4 Å². The van der Waals surface area contributed by atoms with E-state index in [1.807, 2.05) is 26.8 Å². The van der Waals surface area contributed by atoms with Crippen LogP contribution in [-0.2, 0) is 4.79 Å². The average molecular weight is 303 g/mol. The van der Waals surface area contributed by atoms with Crippen LogP contribution in [-0.4, -0.2) is 16.8 Å². The van der Waals surface area contributed by atoms with Gasteiger partial charge in [0, 0.05) is 11.8 Å². The van der Waals surface area contributed by atoms with Crippen LogP contribution in [0.5, 0.6) is 0 Å². The van der Waals surface area contributed by atoms with E-state index in [9.17, 15) is 9.59 Å². The topological polar surface area (TPSA) is 71.1 Å². The summed E-state index contributed by atoms with van der Waals surface area (Å²) in [7, 11) is 0. The number of hydrogen-bond donors (Lipinski definition) is 2. The second-order valence-electron chi connectivity index (χ2n) is 4.79. The van der Waals surface area contributed by atoms with Crippen molar-refractivity contribution in [1.29, 1.82) is 0 Å². The molecule has 2 aromatic rings. The van der Waals surface area contributed by atoms with Crippen LogP contribution in [0.1, 0.15) is 33.4 Å². The van der Waals surface area contributed by atoms with Crippen LogP contribution < -0.4 is 10.6 Å². The Morgan fingerprint density at radius 3 is 2.43 bits per heavy atom. The lowest BCUT2D eigenvalue weighted by atomic mass is 10.1. The molecular weight excluding hydrogens is 286 g/mol. The number of rotatable bonds is 3. The lowest BCUT2D eigenvalue weighted by molar-refractivity contribution is -0.114. The minimum Gasteiger partial charge on any atom is -0.326 e. The van der Waals surface area contributed by atoms with E-state index >= 15 is 0 Å². The molecule has 0 aliphatic rings. The molecule has 0 fully saturated rings. The summed E-state index contributed by atoms with van der Waals surface area (Å²) >= 11 is 1.43. The van der Waals surface area contributed by atoms with Gasteiger partial charge in [0.15, 0.2) is 5.13 Å². The van der Waals surface area contributed by atoms with Crippen LogP contribution >= 0.6 is 11.3 Å². The van der Waals surface area contributed by atoms with E-state index in [0.29, 0.717) is 16.4 Å². The van der Waals surface area contributed by atoms with E-state index in [0.717, 1.165) is 16.1 Å². The summed E-state index contributed by atoms with van der Waals surface area (Å²) in [6.07, 6.45) is 0. The Balaban J connectivity index is 2.32. The lowest BCUT2D eigenvalue weighted by Crippen LogP contribution is -2.17. The maximum Gasteiger partial charge on any atom is 0.259 e. The molecule has 0 atom stereocenters. The molecule has 0 unspecified atom stereocenters. The number of amides is 2. The Morgan fingerprint density at radius 1 is 1.14 bits per heavy atom. The highest BCUT2D eigenvalue weighted by Crippen LogP contribution is 2.24. The maximum absolute atomic E-state index is 12.5. The predicted octanol–water partition coefficient (Wildman–Crippen LogP) is 3.28. The van der Waals surface area contributed by atoms with Gasteiger partial charge in [-0.3, -0.25) is 14.9 Å². The number of carbonyl (C=O) groups excluding carboxylic acids is 2. The maximum atomic E-state index is 12.5. The van der Waals surface area contributed by atoms with Crippen molar-refractivity contribution < 1.29 is 9.59 Å². The van der Waals surface area contributed by atoms with E-state index in [1.165, 1.54) is 18.3 Å². The number of nitrogens with zero attached hydrogens (tertiary/aromatic N) is 1. The zero-order chi connectivity index (χ0) is 15.6. The molecule has 2 N–H and O–H groups in total. The number of aromatic nitrogens is 1. The molecule has 0 spiro atoms. The van der Waals surface area contributed by atoms with Crippen molar-refractivity contribution in [3.63, 3.8) is 0 Å². The molecule has 0 bridgehead atoms. The minimum atomic E-state index is -0.273. The lowest BCUT2D eigenvalue weighted by Gasteiger charge is -2.11. The average Bonchev–Trinajstić information content (AvgIpc) is 2.67. The largest absolute Gasteiger partial charge is 0.326 e. The highest BCUT2D eigenvalue weighted by molar-refractivity contribution is 7.15. The quantitative estimate of drug-likeness (QED) is 0.914. The van der Waals surface area contributed by atoms with E-state index in [1.54, 1.807) is 12.1 Å². The number of benzene rings is 1. The van der Waals surface area contributed by atoms with Crippen molar-refractivity contribution in [1.82, 2.24) is 4.98 Å². The fourth-order valence-corrected chi connectivity index (χ4v) is 2.76. The van der Waals surface area contributed by atoms with Crippen LogP contribution in [0.4, 0.5) is 10.8 Å². The molecule has 2 rings (SSSR count). The highest BCUT2D eigenvalue weighted by Gasteiger charge is 2.17. The number of hydrogen-bond acceptors (Lipinski definition) is 4. The molecule has 110 valence electrons. The fraction of sp³-hybridized carbons (Fsp3) is 0.267. The summed E-state index contributed by atoms with van der Waals surface area (Å²) in [6.45, 7) is 7.10. The Bertz CT molecular complexity index is 687. The summed E-state index contributed by atoms with van der Waals surface area (Å²) in [4.78, 5) is 29.1. The summed E-state index contributed by atoms with van der Waals surface area (Å²) in [5.41, 5.74) is 2.66. The molecule has 0 aliphatic carbocycles. The number of nitrogens with one attached hydrogen (secondary N) is 2. The van der Waals surface area contributed by atoms with Crippen molar-refractivity contribution in [2.24, 2.45) is 0 Å². The summed E-state index contributed by atoms with van der Waals surface area (Å²) in [6, 6.07) is 5.34.